The van der Waals surface area contributed by atoms with Crippen molar-refractivity contribution < 1.29 is 27.9 Å². The zero-order chi connectivity index (χ0) is 20.3. The van der Waals surface area contributed by atoms with Crippen LogP contribution in [0.5, 0.6) is 0 Å². The summed E-state index contributed by atoms with van der Waals surface area (Å²) in [5.74, 6) is -1.25. The van der Waals surface area contributed by atoms with Crippen LogP contribution in [0, 0.1) is 5.92 Å². The lowest BCUT2D eigenvalue weighted by Crippen LogP contribution is -2.40. The van der Waals surface area contributed by atoms with Gasteiger partial charge < -0.3 is 20.7 Å². The van der Waals surface area contributed by atoms with E-state index >= 15 is 0 Å². The van der Waals surface area contributed by atoms with Crippen molar-refractivity contribution >= 4 is 11.8 Å². The molecule has 4 N–H and O–H groups in total. The summed E-state index contributed by atoms with van der Waals surface area (Å²) in [6, 6.07) is 3.62. The highest BCUT2D eigenvalue weighted by Gasteiger charge is 2.39. The topological polar surface area (TPSA) is 107 Å². The van der Waals surface area contributed by atoms with Crippen LogP contribution in [0.3, 0.4) is 0 Å². The van der Waals surface area contributed by atoms with Gasteiger partial charge in [-0.1, -0.05) is 12.1 Å². The number of aromatic amines is 1. The Labute approximate surface area is 158 Å². The Hall–Kier alpha value is -2.88. The van der Waals surface area contributed by atoms with Crippen molar-refractivity contribution in [1.82, 2.24) is 20.6 Å². The van der Waals surface area contributed by atoms with Gasteiger partial charge in [0.2, 0.25) is 5.91 Å². The largest absolute Gasteiger partial charge is 0.417 e. The minimum Gasteiger partial charge on any atom is -0.391 e. The van der Waals surface area contributed by atoms with Crippen LogP contribution in [0.4, 0.5) is 13.2 Å². The maximum absolute atomic E-state index is 13.1. The van der Waals surface area contributed by atoms with Gasteiger partial charge in [-0.15, -0.1) is 0 Å². The van der Waals surface area contributed by atoms with Gasteiger partial charge in [-0.05, 0) is 25.0 Å². The molecule has 1 aromatic carbocycles. The Morgan fingerprint density at radius 1 is 1.25 bits per heavy atom. The standard InChI is InChI=1S/C18H19F3N4O3/c19-18(20,21)12-4-2-1-3-11(12)17(28)25-13-7-10(8-14(13)26)16(27)24-9-15-22-5-6-23-15/h1-6,10,13-14,26H,7-9H2,(H,22,23)(H,24,27)(H,25,28)/t10-,13-,14-/m0/s1. The van der Waals surface area contributed by atoms with E-state index in [2.05, 4.69) is 20.6 Å². The van der Waals surface area contributed by atoms with Crippen molar-refractivity contribution in [1.29, 1.82) is 0 Å². The number of halogens is 3. The third kappa shape index (κ3) is 4.50. The molecule has 0 radical (unpaired) electrons. The fraction of sp³-hybridized carbons (Fsp3) is 0.389. The molecule has 1 heterocycles. The second-order valence-corrected chi connectivity index (χ2v) is 6.61. The maximum atomic E-state index is 13.1. The predicted molar refractivity (Wildman–Crippen MR) is 91.9 cm³/mol. The maximum Gasteiger partial charge on any atom is 0.417 e. The van der Waals surface area contributed by atoms with Crippen molar-refractivity contribution in [2.24, 2.45) is 5.92 Å². The Balaban J connectivity index is 1.61. The minimum absolute atomic E-state index is 0.107. The number of alkyl halides is 3. The van der Waals surface area contributed by atoms with Gasteiger partial charge in [0.05, 0.1) is 29.8 Å². The van der Waals surface area contributed by atoms with E-state index in [-0.39, 0.29) is 25.3 Å². The van der Waals surface area contributed by atoms with E-state index < -0.39 is 41.3 Å². The van der Waals surface area contributed by atoms with Crippen LogP contribution in [0.15, 0.2) is 36.7 Å². The van der Waals surface area contributed by atoms with Crippen molar-refractivity contribution in [3.63, 3.8) is 0 Å². The van der Waals surface area contributed by atoms with Gasteiger partial charge in [0.15, 0.2) is 0 Å². The summed E-state index contributed by atoms with van der Waals surface area (Å²) < 4.78 is 39.2. The molecule has 150 valence electrons. The van der Waals surface area contributed by atoms with Crippen LogP contribution in [0.25, 0.3) is 0 Å². The molecule has 2 aromatic rings. The number of rotatable bonds is 5. The van der Waals surface area contributed by atoms with E-state index in [1.165, 1.54) is 12.1 Å². The van der Waals surface area contributed by atoms with Gasteiger partial charge in [-0.2, -0.15) is 13.2 Å². The van der Waals surface area contributed by atoms with Gasteiger partial charge in [0.1, 0.15) is 5.82 Å². The zero-order valence-electron chi connectivity index (χ0n) is 14.7. The smallest absolute Gasteiger partial charge is 0.391 e. The zero-order valence-corrected chi connectivity index (χ0v) is 14.7. The van der Waals surface area contributed by atoms with Crippen LogP contribution < -0.4 is 10.6 Å². The summed E-state index contributed by atoms with van der Waals surface area (Å²) >= 11 is 0. The number of imidazole rings is 1. The van der Waals surface area contributed by atoms with E-state index in [1.54, 1.807) is 12.4 Å². The predicted octanol–water partition coefficient (Wildman–Crippen LogP) is 1.61. The van der Waals surface area contributed by atoms with Crippen LogP contribution in [-0.2, 0) is 17.5 Å². The van der Waals surface area contributed by atoms with E-state index in [9.17, 15) is 27.9 Å². The van der Waals surface area contributed by atoms with E-state index in [0.717, 1.165) is 12.1 Å². The highest BCUT2D eigenvalue weighted by Crippen LogP contribution is 2.32. The molecule has 0 unspecified atom stereocenters. The normalized spacial score (nSPS) is 22.1. The number of amides is 2. The summed E-state index contributed by atoms with van der Waals surface area (Å²) in [5, 5.41) is 15.3. The highest BCUT2D eigenvalue weighted by atomic mass is 19.4. The van der Waals surface area contributed by atoms with E-state index in [1.807, 2.05) is 0 Å². The molecule has 7 nitrogen and oxygen atoms in total. The van der Waals surface area contributed by atoms with Crippen LogP contribution in [0.1, 0.15) is 34.6 Å². The number of nitrogens with zero attached hydrogens (tertiary/aromatic N) is 1. The summed E-state index contributed by atoms with van der Waals surface area (Å²) in [4.78, 5) is 31.4. The van der Waals surface area contributed by atoms with Gasteiger partial charge in [-0.3, -0.25) is 9.59 Å². The number of hydrogen-bond acceptors (Lipinski definition) is 4. The molecular formula is C18H19F3N4O3. The lowest BCUT2D eigenvalue weighted by Gasteiger charge is -2.18. The minimum atomic E-state index is -4.67. The first-order valence-electron chi connectivity index (χ1n) is 8.67. The second kappa shape index (κ2) is 8.01. The quantitative estimate of drug-likeness (QED) is 0.616. The molecule has 1 aromatic heterocycles. The number of hydrogen-bond donors (Lipinski definition) is 4. The number of benzene rings is 1. The number of aliphatic hydroxyl groups excluding tert-OH is 1. The van der Waals surface area contributed by atoms with Crippen molar-refractivity contribution in [3.05, 3.63) is 53.6 Å². The molecule has 0 saturated heterocycles. The second-order valence-electron chi connectivity index (χ2n) is 6.61. The summed E-state index contributed by atoms with van der Waals surface area (Å²) in [6.45, 7) is 0.189. The van der Waals surface area contributed by atoms with Crippen LogP contribution >= 0.6 is 0 Å². The van der Waals surface area contributed by atoms with Crippen LogP contribution in [0.2, 0.25) is 0 Å². The fourth-order valence-corrected chi connectivity index (χ4v) is 3.27. The first-order valence-corrected chi connectivity index (χ1v) is 8.67. The first kappa shape index (κ1) is 19.9. The lowest BCUT2D eigenvalue weighted by atomic mass is 10.0. The van der Waals surface area contributed by atoms with Crippen molar-refractivity contribution in [2.75, 3.05) is 0 Å². The summed E-state index contributed by atoms with van der Waals surface area (Å²) in [6.07, 6.45) is -2.30. The Morgan fingerprint density at radius 3 is 2.68 bits per heavy atom. The molecule has 1 aliphatic carbocycles. The van der Waals surface area contributed by atoms with Gasteiger partial charge >= 0.3 is 6.18 Å². The molecule has 0 spiro atoms. The molecule has 0 bridgehead atoms. The lowest BCUT2D eigenvalue weighted by molar-refractivity contribution is -0.138. The Bertz CT molecular complexity index is 839. The monoisotopic (exact) mass is 396 g/mol. The van der Waals surface area contributed by atoms with E-state index in [0.29, 0.717) is 5.82 Å². The van der Waals surface area contributed by atoms with E-state index in [4.69, 9.17) is 0 Å². The third-order valence-corrected chi connectivity index (χ3v) is 4.68. The molecule has 0 aliphatic heterocycles. The molecule has 10 heteroatoms. The molecule has 3 atom stereocenters. The van der Waals surface area contributed by atoms with Crippen LogP contribution in [-0.4, -0.2) is 39.0 Å². The fourth-order valence-electron chi connectivity index (χ4n) is 3.27. The SMILES string of the molecule is O=C(N[C@H]1C[C@H](C(=O)NCc2ncc[nH]2)C[C@@H]1O)c1ccccc1C(F)(F)F. The molecule has 1 fully saturated rings. The summed E-state index contributed by atoms with van der Waals surface area (Å²) in [7, 11) is 0. The molecule has 1 aliphatic rings. The van der Waals surface area contributed by atoms with Gasteiger partial charge in [-0.25, -0.2) is 4.98 Å². The average molecular weight is 396 g/mol. The van der Waals surface area contributed by atoms with Gasteiger partial charge in [0, 0.05) is 18.3 Å². The highest BCUT2D eigenvalue weighted by molar-refractivity contribution is 5.96. The number of aromatic nitrogens is 2. The molecule has 2 amide bonds. The number of carbonyl (C=O) groups excluding carboxylic acids is 2. The first-order chi connectivity index (χ1) is 13.3. The number of nitrogens with one attached hydrogen (secondary N) is 3. The van der Waals surface area contributed by atoms with Crippen molar-refractivity contribution in [3.8, 4) is 0 Å². The van der Waals surface area contributed by atoms with Crippen molar-refractivity contribution in [2.45, 2.75) is 37.7 Å². The number of carbonyl (C=O) groups is 2. The molecule has 28 heavy (non-hydrogen) atoms. The Kier molecular flexibility index (Phi) is 5.68. The summed E-state index contributed by atoms with van der Waals surface area (Å²) in [5.41, 5.74) is -1.57. The molecule has 3 rings (SSSR count). The Morgan fingerprint density at radius 2 is 2.00 bits per heavy atom. The molecule has 1 saturated carbocycles. The number of H-pyrrole nitrogens is 1. The molecular weight excluding hydrogens is 377 g/mol. The number of aliphatic hydroxyl groups is 1. The third-order valence-electron chi connectivity index (χ3n) is 4.68. The van der Waals surface area contributed by atoms with Gasteiger partial charge in [0.25, 0.3) is 5.91 Å². The average Bonchev–Trinajstić information content (AvgIpc) is 3.29.